The van der Waals surface area contributed by atoms with Crippen molar-refractivity contribution in [2.75, 3.05) is 0 Å². The zero-order chi connectivity index (χ0) is 8.97. The molecular formula is C6H7N5NaO. The van der Waals surface area contributed by atoms with E-state index in [0.29, 0.717) is 0 Å². The molecule has 1 aromatic heterocycles. The number of hydrogen-bond donors (Lipinski definition) is 2. The first-order chi connectivity index (χ1) is 5.70. The number of hydrogen-bond acceptors (Lipinski definition) is 3. The molecule has 0 unspecified atom stereocenters. The molecule has 13 heavy (non-hydrogen) atoms. The van der Waals surface area contributed by atoms with Gasteiger partial charge in [0.05, 0.1) is 6.20 Å². The van der Waals surface area contributed by atoms with Crippen LogP contribution in [0.25, 0.3) is 0 Å². The molecule has 0 bridgehead atoms. The molecule has 1 amide bonds. The Morgan fingerprint density at radius 2 is 2.08 bits per heavy atom. The van der Waals surface area contributed by atoms with E-state index >= 15 is 0 Å². The van der Waals surface area contributed by atoms with Crippen LogP contribution in [0.4, 0.5) is 0 Å². The molecular weight excluding hydrogens is 181 g/mol. The minimum atomic E-state index is -0.594. The molecule has 0 atom stereocenters. The molecule has 1 aromatic rings. The molecule has 0 saturated carbocycles. The zero-order valence-electron chi connectivity index (χ0n) is 7.14. The monoisotopic (exact) mass is 188 g/mol. The third-order valence-electron chi connectivity index (χ3n) is 1.01. The van der Waals surface area contributed by atoms with Crippen LogP contribution in [0.15, 0.2) is 23.6 Å². The van der Waals surface area contributed by atoms with Crippen molar-refractivity contribution in [3.05, 3.63) is 24.3 Å². The first-order valence-corrected chi connectivity index (χ1v) is 3.10. The molecule has 0 aliphatic heterocycles. The zero-order valence-corrected chi connectivity index (χ0v) is 9.14. The van der Waals surface area contributed by atoms with Crippen molar-refractivity contribution in [2.45, 2.75) is 0 Å². The topological polar surface area (TPSA) is 107 Å². The first kappa shape index (κ1) is 12.0. The Hall–Kier alpha value is -0.980. The summed E-state index contributed by atoms with van der Waals surface area (Å²) >= 11 is 0. The average molecular weight is 188 g/mol. The average Bonchev–Trinajstić information content (AvgIpc) is 2.05. The smallest absolute Gasteiger partial charge is 0.300 e. The van der Waals surface area contributed by atoms with Gasteiger partial charge in [0.15, 0.2) is 5.96 Å². The van der Waals surface area contributed by atoms with Crippen LogP contribution in [-0.4, -0.2) is 51.4 Å². The molecule has 0 spiro atoms. The van der Waals surface area contributed by atoms with Crippen molar-refractivity contribution >= 4 is 41.4 Å². The van der Waals surface area contributed by atoms with E-state index in [0.717, 1.165) is 0 Å². The fourth-order valence-corrected chi connectivity index (χ4v) is 0.584. The van der Waals surface area contributed by atoms with E-state index in [1.807, 2.05) is 0 Å². The summed E-state index contributed by atoms with van der Waals surface area (Å²) in [6.07, 6.45) is 4.12. The summed E-state index contributed by atoms with van der Waals surface area (Å²) in [4.78, 5) is 21.7. The number of carbonyl (C=O) groups excluding carboxylic acids is 1. The minimum absolute atomic E-state index is 0. The summed E-state index contributed by atoms with van der Waals surface area (Å²) in [5, 5.41) is 0. The van der Waals surface area contributed by atoms with Gasteiger partial charge < -0.3 is 11.5 Å². The van der Waals surface area contributed by atoms with E-state index in [-0.39, 0.29) is 41.2 Å². The van der Waals surface area contributed by atoms with Gasteiger partial charge in [-0.1, -0.05) is 0 Å². The van der Waals surface area contributed by atoms with Crippen LogP contribution in [0.1, 0.15) is 10.5 Å². The second kappa shape index (κ2) is 5.63. The molecule has 0 aliphatic rings. The van der Waals surface area contributed by atoms with Crippen LogP contribution in [0.2, 0.25) is 0 Å². The van der Waals surface area contributed by atoms with Gasteiger partial charge in [-0.25, -0.2) is 4.98 Å². The Morgan fingerprint density at radius 3 is 2.54 bits per heavy atom. The van der Waals surface area contributed by atoms with E-state index in [2.05, 4.69) is 15.0 Å². The summed E-state index contributed by atoms with van der Waals surface area (Å²) < 4.78 is 0. The van der Waals surface area contributed by atoms with Gasteiger partial charge in [-0.05, 0) is 0 Å². The van der Waals surface area contributed by atoms with E-state index in [1.165, 1.54) is 18.6 Å². The predicted molar refractivity (Wildman–Crippen MR) is 47.9 cm³/mol. The summed E-state index contributed by atoms with van der Waals surface area (Å²) in [7, 11) is 0. The fraction of sp³-hybridized carbons (Fsp3) is 0. The number of guanidine groups is 1. The normalized spacial score (nSPS) is 8.31. The Balaban J connectivity index is 0.00000144. The molecule has 4 N–H and O–H groups in total. The maximum absolute atomic E-state index is 11.0. The van der Waals surface area contributed by atoms with E-state index in [1.54, 1.807) is 0 Å². The maximum Gasteiger partial charge on any atom is 0.300 e. The predicted octanol–water partition coefficient (Wildman–Crippen LogP) is -1.49. The molecule has 63 valence electrons. The summed E-state index contributed by atoms with van der Waals surface area (Å²) in [5.74, 6) is -0.881. The number of aromatic nitrogens is 2. The van der Waals surface area contributed by atoms with Crippen molar-refractivity contribution in [3.63, 3.8) is 0 Å². The van der Waals surface area contributed by atoms with Gasteiger partial charge in [0.1, 0.15) is 5.69 Å². The SMILES string of the molecule is NC(N)=NC(=O)c1cnccn1.[Na]. The van der Waals surface area contributed by atoms with Crippen LogP contribution in [-0.2, 0) is 0 Å². The maximum atomic E-state index is 11.0. The van der Waals surface area contributed by atoms with Gasteiger partial charge in [0.2, 0.25) is 0 Å². The van der Waals surface area contributed by atoms with Gasteiger partial charge in [-0.15, -0.1) is 0 Å². The largest absolute Gasteiger partial charge is 0.370 e. The standard InChI is InChI=1S/C6H7N5O.Na/c7-6(8)11-5(12)4-3-9-1-2-10-4;/h1-3H,(H4,7,8,11,12);. The van der Waals surface area contributed by atoms with Crippen LogP contribution in [0.5, 0.6) is 0 Å². The number of nitrogens with two attached hydrogens (primary N) is 2. The number of rotatable bonds is 1. The van der Waals surface area contributed by atoms with Crippen molar-refractivity contribution in [1.29, 1.82) is 0 Å². The van der Waals surface area contributed by atoms with E-state index < -0.39 is 5.91 Å². The van der Waals surface area contributed by atoms with Crippen LogP contribution >= 0.6 is 0 Å². The Bertz CT molecular complexity index is 308. The van der Waals surface area contributed by atoms with Crippen molar-refractivity contribution < 1.29 is 4.79 Å². The second-order valence-electron chi connectivity index (χ2n) is 1.93. The van der Waals surface area contributed by atoms with E-state index in [4.69, 9.17) is 11.5 Å². The van der Waals surface area contributed by atoms with Crippen LogP contribution in [0.3, 0.4) is 0 Å². The van der Waals surface area contributed by atoms with Gasteiger partial charge in [-0.3, -0.25) is 9.78 Å². The summed E-state index contributed by atoms with van der Waals surface area (Å²) in [5.41, 5.74) is 10.1. The molecule has 6 nitrogen and oxygen atoms in total. The van der Waals surface area contributed by atoms with Crippen LogP contribution < -0.4 is 11.5 Å². The van der Waals surface area contributed by atoms with Gasteiger partial charge in [-0.2, -0.15) is 4.99 Å². The molecule has 1 heterocycles. The molecule has 0 saturated heterocycles. The Labute approximate surface area is 96.8 Å². The quantitative estimate of drug-likeness (QED) is 0.317. The molecule has 1 radical (unpaired) electrons. The van der Waals surface area contributed by atoms with Crippen molar-refractivity contribution in [1.82, 2.24) is 9.97 Å². The third-order valence-corrected chi connectivity index (χ3v) is 1.01. The van der Waals surface area contributed by atoms with Gasteiger partial charge >= 0.3 is 0 Å². The first-order valence-electron chi connectivity index (χ1n) is 3.10. The van der Waals surface area contributed by atoms with Gasteiger partial charge in [0, 0.05) is 42.0 Å². The Morgan fingerprint density at radius 1 is 1.38 bits per heavy atom. The van der Waals surface area contributed by atoms with Crippen molar-refractivity contribution in [3.8, 4) is 0 Å². The summed E-state index contributed by atoms with van der Waals surface area (Å²) in [6, 6.07) is 0. The molecule has 0 aromatic carbocycles. The number of amides is 1. The third kappa shape index (κ3) is 3.97. The van der Waals surface area contributed by atoms with Crippen molar-refractivity contribution in [2.24, 2.45) is 16.5 Å². The summed E-state index contributed by atoms with van der Waals surface area (Å²) in [6.45, 7) is 0. The van der Waals surface area contributed by atoms with E-state index in [9.17, 15) is 4.79 Å². The molecule has 0 aliphatic carbocycles. The molecule has 0 fully saturated rings. The Kier molecular flexibility index (Phi) is 5.20. The second-order valence-corrected chi connectivity index (χ2v) is 1.93. The molecule has 1 rings (SSSR count). The fourth-order valence-electron chi connectivity index (χ4n) is 0.584. The number of carbonyl (C=O) groups is 1. The number of nitrogens with zero attached hydrogens (tertiary/aromatic N) is 3. The molecule has 7 heteroatoms. The number of aliphatic imine (C=N–C) groups is 1. The van der Waals surface area contributed by atoms with Gasteiger partial charge in [0.25, 0.3) is 5.91 Å². The minimum Gasteiger partial charge on any atom is -0.370 e. The van der Waals surface area contributed by atoms with Crippen LogP contribution in [0, 0.1) is 0 Å².